The molecule has 2 aromatic carbocycles. The maximum atomic E-state index is 11.5. The fourth-order valence-corrected chi connectivity index (χ4v) is 3.50. The summed E-state index contributed by atoms with van der Waals surface area (Å²) in [5.41, 5.74) is 5.69. The lowest BCUT2D eigenvalue weighted by molar-refractivity contribution is -0.143. The van der Waals surface area contributed by atoms with Crippen LogP contribution in [0.3, 0.4) is 0 Å². The van der Waals surface area contributed by atoms with Crippen molar-refractivity contribution >= 4 is 44.6 Å². The minimum absolute atomic E-state index is 0.195. The second-order valence-electron chi connectivity index (χ2n) is 5.86. The quantitative estimate of drug-likeness (QED) is 0.257. The molecule has 0 unspecified atom stereocenters. The van der Waals surface area contributed by atoms with Gasteiger partial charge in [0.25, 0.3) is 0 Å². The van der Waals surface area contributed by atoms with Gasteiger partial charge in [-0.25, -0.2) is 4.98 Å². The van der Waals surface area contributed by atoms with E-state index in [0.717, 1.165) is 21.3 Å². The molecule has 0 fully saturated rings. The molecule has 150 valence electrons. The maximum Gasteiger partial charge on any atom is 0.309 e. The average Bonchev–Trinajstić information content (AvgIpc) is 3.19. The SMILES string of the molecule is CCOC(=O)CCOc1ccc(Br)cc1C=NNc1nc(-c2ccccc2)cs1. The number of ether oxygens (including phenoxy) is 2. The predicted molar refractivity (Wildman–Crippen MR) is 120 cm³/mol. The summed E-state index contributed by atoms with van der Waals surface area (Å²) in [7, 11) is 0. The van der Waals surface area contributed by atoms with E-state index >= 15 is 0 Å². The van der Waals surface area contributed by atoms with Crippen molar-refractivity contribution in [3.05, 3.63) is 63.9 Å². The number of carbonyl (C=O) groups is 1. The second kappa shape index (κ2) is 10.7. The fourth-order valence-electron chi connectivity index (χ4n) is 2.45. The van der Waals surface area contributed by atoms with Crippen LogP contribution >= 0.6 is 27.3 Å². The topological polar surface area (TPSA) is 72.8 Å². The van der Waals surface area contributed by atoms with Gasteiger partial charge in [-0.2, -0.15) is 5.10 Å². The van der Waals surface area contributed by atoms with Gasteiger partial charge in [0.2, 0.25) is 5.13 Å². The maximum absolute atomic E-state index is 11.5. The molecule has 1 aromatic heterocycles. The summed E-state index contributed by atoms with van der Waals surface area (Å²) in [6.07, 6.45) is 1.86. The van der Waals surface area contributed by atoms with Crippen LogP contribution in [0.25, 0.3) is 11.3 Å². The second-order valence-corrected chi connectivity index (χ2v) is 7.63. The first-order chi connectivity index (χ1) is 14.2. The van der Waals surface area contributed by atoms with Crippen molar-refractivity contribution in [2.45, 2.75) is 13.3 Å². The Labute approximate surface area is 181 Å². The third-order valence-electron chi connectivity index (χ3n) is 3.78. The molecule has 0 saturated heterocycles. The molecule has 0 aliphatic carbocycles. The van der Waals surface area contributed by atoms with Gasteiger partial charge in [-0.1, -0.05) is 46.3 Å². The van der Waals surface area contributed by atoms with Crippen molar-refractivity contribution in [1.82, 2.24) is 4.98 Å². The highest BCUT2D eigenvalue weighted by Gasteiger charge is 2.07. The molecule has 0 saturated carbocycles. The Balaban J connectivity index is 1.62. The van der Waals surface area contributed by atoms with Crippen molar-refractivity contribution in [1.29, 1.82) is 0 Å². The van der Waals surface area contributed by atoms with E-state index in [9.17, 15) is 4.79 Å². The van der Waals surface area contributed by atoms with Gasteiger partial charge in [0.15, 0.2) is 0 Å². The number of hydrazone groups is 1. The van der Waals surface area contributed by atoms with Crippen LogP contribution in [0.4, 0.5) is 5.13 Å². The Morgan fingerprint density at radius 3 is 2.90 bits per heavy atom. The Bertz CT molecular complexity index is 976. The zero-order chi connectivity index (χ0) is 20.5. The third-order valence-corrected chi connectivity index (χ3v) is 5.02. The van der Waals surface area contributed by atoms with Gasteiger partial charge in [0.05, 0.1) is 31.5 Å². The van der Waals surface area contributed by atoms with Gasteiger partial charge in [0.1, 0.15) is 5.75 Å². The summed E-state index contributed by atoms with van der Waals surface area (Å²) in [6, 6.07) is 15.6. The van der Waals surface area contributed by atoms with Gasteiger partial charge in [-0.05, 0) is 25.1 Å². The van der Waals surface area contributed by atoms with Gasteiger partial charge in [0, 0.05) is 21.0 Å². The summed E-state index contributed by atoms with van der Waals surface area (Å²) in [5.74, 6) is 0.353. The van der Waals surface area contributed by atoms with Crippen molar-refractivity contribution in [2.75, 3.05) is 18.6 Å². The Morgan fingerprint density at radius 2 is 2.10 bits per heavy atom. The lowest BCUT2D eigenvalue weighted by atomic mass is 10.2. The molecule has 0 bridgehead atoms. The van der Waals surface area contributed by atoms with Gasteiger partial charge in [-0.3, -0.25) is 10.2 Å². The van der Waals surface area contributed by atoms with E-state index in [2.05, 4.69) is 31.4 Å². The molecule has 1 heterocycles. The fraction of sp³-hybridized carbons (Fsp3) is 0.190. The minimum Gasteiger partial charge on any atom is -0.492 e. The minimum atomic E-state index is -0.278. The number of hydrogen-bond donors (Lipinski definition) is 1. The van der Waals surface area contributed by atoms with Crippen molar-refractivity contribution in [3.63, 3.8) is 0 Å². The van der Waals surface area contributed by atoms with E-state index in [4.69, 9.17) is 9.47 Å². The molecular formula is C21H20BrN3O3S. The normalized spacial score (nSPS) is 10.8. The number of rotatable bonds is 9. The van der Waals surface area contributed by atoms with Crippen LogP contribution in [0.5, 0.6) is 5.75 Å². The highest BCUT2D eigenvalue weighted by molar-refractivity contribution is 9.10. The van der Waals surface area contributed by atoms with Crippen LogP contribution < -0.4 is 10.2 Å². The van der Waals surface area contributed by atoms with E-state index in [1.807, 2.05) is 53.9 Å². The van der Waals surface area contributed by atoms with Crippen LogP contribution in [0.15, 0.2) is 63.5 Å². The average molecular weight is 474 g/mol. The number of carbonyl (C=O) groups excluding carboxylic acids is 1. The van der Waals surface area contributed by atoms with E-state index in [1.165, 1.54) is 11.3 Å². The summed E-state index contributed by atoms with van der Waals surface area (Å²) in [4.78, 5) is 16.0. The zero-order valence-electron chi connectivity index (χ0n) is 15.8. The van der Waals surface area contributed by atoms with Crippen LogP contribution in [0.2, 0.25) is 0 Å². The molecule has 3 aromatic rings. The van der Waals surface area contributed by atoms with Crippen LogP contribution in [-0.4, -0.2) is 30.4 Å². The zero-order valence-corrected chi connectivity index (χ0v) is 18.2. The number of benzene rings is 2. The Kier molecular flexibility index (Phi) is 7.77. The number of anilines is 1. The summed E-state index contributed by atoms with van der Waals surface area (Å²) >= 11 is 4.93. The lowest BCUT2D eigenvalue weighted by Gasteiger charge is -2.09. The van der Waals surface area contributed by atoms with Gasteiger partial charge >= 0.3 is 5.97 Å². The number of hydrogen-bond acceptors (Lipinski definition) is 7. The molecule has 0 radical (unpaired) electrons. The van der Waals surface area contributed by atoms with Crippen molar-refractivity contribution in [3.8, 4) is 17.0 Å². The Morgan fingerprint density at radius 1 is 1.28 bits per heavy atom. The van der Waals surface area contributed by atoms with Gasteiger partial charge < -0.3 is 9.47 Å². The van der Waals surface area contributed by atoms with E-state index in [-0.39, 0.29) is 19.0 Å². The number of esters is 1. The van der Waals surface area contributed by atoms with Crippen molar-refractivity contribution < 1.29 is 14.3 Å². The number of nitrogens with one attached hydrogen (secondary N) is 1. The summed E-state index contributed by atoms with van der Waals surface area (Å²) < 4.78 is 11.5. The van der Waals surface area contributed by atoms with Crippen LogP contribution in [-0.2, 0) is 9.53 Å². The van der Waals surface area contributed by atoms with Crippen LogP contribution in [0.1, 0.15) is 18.9 Å². The smallest absolute Gasteiger partial charge is 0.309 e. The molecular weight excluding hydrogens is 454 g/mol. The molecule has 0 aliphatic heterocycles. The number of halogens is 1. The highest BCUT2D eigenvalue weighted by Crippen LogP contribution is 2.25. The largest absolute Gasteiger partial charge is 0.492 e. The monoisotopic (exact) mass is 473 g/mol. The molecule has 0 spiro atoms. The molecule has 3 rings (SSSR count). The first kappa shape index (κ1) is 21.0. The molecule has 1 N–H and O–H groups in total. The molecule has 0 amide bonds. The van der Waals surface area contributed by atoms with Crippen LogP contribution in [0, 0.1) is 0 Å². The molecule has 8 heteroatoms. The number of aromatic nitrogens is 1. The molecule has 6 nitrogen and oxygen atoms in total. The van der Waals surface area contributed by atoms with E-state index in [0.29, 0.717) is 17.5 Å². The van der Waals surface area contributed by atoms with Gasteiger partial charge in [-0.15, -0.1) is 11.3 Å². The standard InChI is InChI=1S/C21H20BrN3O3S/c1-2-27-20(26)10-11-28-19-9-8-17(22)12-16(19)13-23-25-21-24-18(14-29-21)15-6-4-3-5-7-15/h3-9,12-14H,2,10-11H2,1H3,(H,24,25). The molecule has 0 atom stereocenters. The molecule has 0 aliphatic rings. The first-order valence-electron chi connectivity index (χ1n) is 9.03. The third kappa shape index (κ3) is 6.40. The van der Waals surface area contributed by atoms with E-state index in [1.54, 1.807) is 13.1 Å². The lowest BCUT2D eigenvalue weighted by Crippen LogP contribution is -2.10. The summed E-state index contributed by atoms with van der Waals surface area (Å²) in [6.45, 7) is 2.38. The highest BCUT2D eigenvalue weighted by atomic mass is 79.9. The summed E-state index contributed by atoms with van der Waals surface area (Å²) in [5, 5.41) is 6.95. The number of nitrogens with zero attached hydrogens (tertiary/aromatic N) is 2. The Hall–Kier alpha value is -2.71. The predicted octanol–water partition coefficient (Wildman–Crippen LogP) is 5.35. The van der Waals surface area contributed by atoms with Crippen molar-refractivity contribution in [2.24, 2.45) is 5.10 Å². The van der Waals surface area contributed by atoms with E-state index < -0.39 is 0 Å². The number of thiazole rings is 1. The molecule has 29 heavy (non-hydrogen) atoms. The first-order valence-corrected chi connectivity index (χ1v) is 10.7.